The number of nitrogens with zero attached hydrogens (tertiary/aromatic N) is 4. The summed E-state index contributed by atoms with van der Waals surface area (Å²) >= 11 is 0. The lowest BCUT2D eigenvalue weighted by Gasteiger charge is -2.19. The van der Waals surface area contributed by atoms with E-state index in [-0.39, 0.29) is 5.56 Å². The molecule has 1 saturated carbocycles. The van der Waals surface area contributed by atoms with Crippen molar-refractivity contribution in [2.75, 3.05) is 13.2 Å². The summed E-state index contributed by atoms with van der Waals surface area (Å²) < 4.78 is 15.0. The number of rotatable bonds is 5. The number of benzene rings is 1. The maximum Gasteiger partial charge on any atom is 0.250 e. The molecule has 28 heavy (non-hydrogen) atoms. The topological polar surface area (TPSA) is 71.2 Å². The van der Waals surface area contributed by atoms with E-state index in [1.165, 1.54) is 0 Å². The van der Waals surface area contributed by atoms with Gasteiger partial charge in [-0.1, -0.05) is 6.07 Å². The average Bonchev–Trinajstić information content (AvgIpc) is 3.47. The minimum Gasteiger partial charge on any atom is -0.486 e. The zero-order valence-corrected chi connectivity index (χ0v) is 15.8. The predicted molar refractivity (Wildman–Crippen MR) is 103 cm³/mol. The molecule has 2 aliphatic rings. The molecule has 0 saturated heterocycles. The van der Waals surface area contributed by atoms with Gasteiger partial charge in [-0.05, 0) is 38.0 Å². The smallest absolute Gasteiger partial charge is 0.250 e. The highest BCUT2D eigenvalue weighted by atomic mass is 16.6. The maximum atomic E-state index is 12.2. The first-order valence-electron chi connectivity index (χ1n) is 9.71. The third-order valence-corrected chi connectivity index (χ3v) is 5.23. The molecule has 1 aromatic carbocycles. The van der Waals surface area contributed by atoms with Crippen LogP contribution in [0.3, 0.4) is 0 Å². The Hall–Kier alpha value is -3.09. The quantitative estimate of drug-likeness (QED) is 0.683. The van der Waals surface area contributed by atoms with Gasteiger partial charge in [0.25, 0.3) is 5.56 Å². The Bertz CT molecular complexity index is 1080. The van der Waals surface area contributed by atoms with E-state index in [1.807, 2.05) is 35.9 Å². The number of aryl methyl sites for hydroxylation is 2. The molecule has 0 radical (unpaired) electrons. The van der Waals surface area contributed by atoms with Gasteiger partial charge in [0.15, 0.2) is 17.3 Å². The van der Waals surface area contributed by atoms with Crippen molar-refractivity contribution >= 4 is 0 Å². The molecular formula is C21H22N4O3. The lowest BCUT2D eigenvalue weighted by Crippen LogP contribution is -2.22. The van der Waals surface area contributed by atoms with Crippen molar-refractivity contribution in [3.8, 4) is 17.2 Å². The summed E-state index contributed by atoms with van der Waals surface area (Å²) in [6.07, 6.45) is 2.91. The highest BCUT2D eigenvalue weighted by Gasteiger charge is 2.29. The monoisotopic (exact) mass is 378 g/mol. The molecule has 0 unspecified atom stereocenters. The van der Waals surface area contributed by atoms with E-state index in [0.717, 1.165) is 47.4 Å². The first-order chi connectivity index (χ1) is 13.7. The van der Waals surface area contributed by atoms with Crippen molar-refractivity contribution < 1.29 is 9.47 Å². The molecule has 7 nitrogen and oxygen atoms in total. The minimum atomic E-state index is 0.00723. The van der Waals surface area contributed by atoms with E-state index in [0.29, 0.717) is 32.1 Å². The summed E-state index contributed by atoms with van der Waals surface area (Å²) in [5, 5.41) is 4.77. The molecule has 1 aliphatic heterocycles. The zero-order chi connectivity index (χ0) is 19.1. The van der Waals surface area contributed by atoms with Crippen LogP contribution in [0, 0.1) is 6.92 Å². The second kappa shape index (κ2) is 6.82. The molecule has 0 spiro atoms. The van der Waals surface area contributed by atoms with Crippen LogP contribution in [0.5, 0.6) is 11.5 Å². The molecule has 5 rings (SSSR count). The Morgan fingerprint density at radius 1 is 1.11 bits per heavy atom. The van der Waals surface area contributed by atoms with E-state index >= 15 is 0 Å². The van der Waals surface area contributed by atoms with Gasteiger partial charge in [-0.25, -0.2) is 9.67 Å². The Kier molecular flexibility index (Phi) is 4.15. The molecular weight excluding hydrogens is 356 g/mol. The Morgan fingerprint density at radius 2 is 1.93 bits per heavy atom. The molecule has 7 heteroatoms. The van der Waals surface area contributed by atoms with Crippen molar-refractivity contribution in [2.45, 2.75) is 38.6 Å². The van der Waals surface area contributed by atoms with Crippen LogP contribution in [-0.2, 0) is 13.0 Å². The largest absolute Gasteiger partial charge is 0.486 e. The first-order valence-corrected chi connectivity index (χ1v) is 9.71. The van der Waals surface area contributed by atoms with Crippen LogP contribution < -0.4 is 15.0 Å². The lowest BCUT2D eigenvalue weighted by molar-refractivity contribution is 0.171. The van der Waals surface area contributed by atoms with Gasteiger partial charge in [0.1, 0.15) is 19.0 Å². The standard InChI is InChI=1S/C21H22N4O3/c1-14-3-2-4-20(26)24(14)10-9-19-22-21(15-5-6-15)23-25(19)16-7-8-17-18(13-16)28-12-11-27-17/h2-4,7-8,13,15H,5-6,9-12H2,1H3. The van der Waals surface area contributed by atoms with Crippen LogP contribution in [0.4, 0.5) is 0 Å². The second-order valence-corrected chi connectivity index (χ2v) is 7.31. The Morgan fingerprint density at radius 3 is 2.71 bits per heavy atom. The zero-order valence-electron chi connectivity index (χ0n) is 15.8. The van der Waals surface area contributed by atoms with Crippen molar-refractivity contribution in [1.82, 2.24) is 19.3 Å². The molecule has 1 fully saturated rings. The Balaban J connectivity index is 1.49. The van der Waals surface area contributed by atoms with Gasteiger partial charge >= 0.3 is 0 Å². The highest BCUT2D eigenvalue weighted by molar-refractivity contribution is 5.49. The van der Waals surface area contributed by atoms with E-state index < -0.39 is 0 Å². The third kappa shape index (κ3) is 3.17. The van der Waals surface area contributed by atoms with Crippen LogP contribution in [-0.4, -0.2) is 32.5 Å². The summed E-state index contributed by atoms with van der Waals surface area (Å²) in [7, 11) is 0. The molecule has 144 valence electrons. The molecule has 3 aromatic rings. The fourth-order valence-electron chi connectivity index (χ4n) is 3.53. The lowest BCUT2D eigenvalue weighted by atomic mass is 10.2. The molecule has 0 atom stereocenters. The summed E-state index contributed by atoms with van der Waals surface area (Å²) in [4.78, 5) is 17.0. The van der Waals surface area contributed by atoms with Crippen LogP contribution in [0.15, 0.2) is 41.2 Å². The van der Waals surface area contributed by atoms with Gasteiger partial charge in [0.05, 0.1) is 5.69 Å². The normalized spacial score (nSPS) is 15.6. The predicted octanol–water partition coefficient (Wildman–Crippen LogP) is 2.63. The minimum absolute atomic E-state index is 0.00723. The number of ether oxygens (including phenoxy) is 2. The molecule has 3 heterocycles. The summed E-state index contributed by atoms with van der Waals surface area (Å²) in [5.74, 6) is 3.69. The van der Waals surface area contributed by atoms with E-state index in [2.05, 4.69) is 0 Å². The number of fused-ring (bicyclic) bond motifs is 1. The number of aromatic nitrogens is 4. The van der Waals surface area contributed by atoms with Crippen molar-refractivity contribution in [3.63, 3.8) is 0 Å². The molecule has 0 N–H and O–H groups in total. The summed E-state index contributed by atoms with van der Waals surface area (Å²) in [6.45, 7) is 3.63. The van der Waals surface area contributed by atoms with Gasteiger partial charge in [-0.3, -0.25) is 4.79 Å². The number of hydrogen-bond donors (Lipinski definition) is 0. The van der Waals surface area contributed by atoms with Gasteiger partial charge in [-0.15, -0.1) is 0 Å². The van der Waals surface area contributed by atoms with Gasteiger partial charge in [-0.2, -0.15) is 5.10 Å². The van der Waals surface area contributed by atoms with Crippen molar-refractivity contribution in [2.24, 2.45) is 0 Å². The van der Waals surface area contributed by atoms with Crippen molar-refractivity contribution in [1.29, 1.82) is 0 Å². The van der Waals surface area contributed by atoms with Gasteiger partial charge < -0.3 is 14.0 Å². The Labute approximate surface area is 162 Å². The summed E-state index contributed by atoms with van der Waals surface area (Å²) in [5.41, 5.74) is 1.85. The van der Waals surface area contributed by atoms with Gasteiger partial charge in [0.2, 0.25) is 0 Å². The average molecular weight is 378 g/mol. The second-order valence-electron chi connectivity index (χ2n) is 7.31. The van der Waals surface area contributed by atoms with E-state index in [1.54, 1.807) is 16.7 Å². The number of pyridine rings is 1. The fourth-order valence-corrected chi connectivity index (χ4v) is 3.53. The maximum absolute atomic E-state index is 12.2. The molecule has 0 bridgehead atoms. The van der Waals surface area contributed by atoms with Crippen LogP contribution >= 0.6 is 0 Å². The first kappa shape index (κ1) is 17.0. The molecule has 0 amide bonds. The van der Waals surface area contributed by atoms with E-state index in [9.17, 15) is 4.79 Å². The number of hydrogen-bond acceptors (Lipinski definition) is 5. The van der Waals surface area contributed by atoms with Crippen LogP contribution in [0.1, 0.15) is 36.1 Å². The fraction of sp³-hybridized carbons (Fsp3) is 0.381. The van der Waals surface area contributed by atoms with Gasteiger partial charge in [0, 0.05) is 36.7 Å². The molecule has 1 aliphatic carbocycles. The van der Waals surface area contributed by atoms with Crippen LogP contribution in [0.2, 0.25) is 0 Å². The van der Waals surface area contributed by atoms with E-state index in [4.69, 9.17) is 19.6 Å². The SMILES string of the molecule is Cc1cccc(=O)n1CCc1nc(C2CC2)nn1-c1ccc2c(c1)OCCO2. The summed E-state index contributed by atoms with van der Waals surface area (Å²) in [6, 6.07) is 11.2. The van der Waals surface area contributed by atoms with Crippen LogP contribution in [0.25, 0.3) is 5.69 Å². The highest BCUT2D eigenvalue weighted by Crippen LogP contribution is 2.39. The molecule has 2 aromatic heterocycles. The van der Waals surface area contributed by atoms with Crippen molar-refractivity contribution in [3.05, 3.63) is 64.1 Å². The third-order valence-electron chi connectivity index (χ3n) is 5.23.